The highest BCUT2D eigenvalue weighted by atomic mass is 16.6. The second kappa shape index (κ2) is 9.40. The molecule has 1 aromatic carbocycles. The van der Waals surface area contributed by atoms with Gasteiger partial charge >= 0.3 is 6.09 Å². The maximum Gasteiger partial charge on any atom is 0.407 e. The number of ether oxygens (including phenoxy) is 2. The Morgan fingerprint density at radius 1 is 1.26 bits per heavy atom. The first kappa shape index (κ1) is 19.3. The van der Waals surface area contributed by atoms with Crippen LogP contribution in [0.2, 0.25) is 0 Å². The molecule has 0 aliphatic carbocycles. The second-order valence-electron chi connectivity index (χ2n) is 6.58. The normalized spacial score (nSPS) is 12.6. The van der Waals surface area contributed by atoms with Crippen molar-refractivity contribution in [2.45, 2.75) is 58.6 Å². The maximum absolute atomic E-state index is 11.8. The van der Waals surface area contributed by atoms with E-state index in [9.17, 15) is 9.90 Å². The number of alkyl carbamates (subject to hydrolysis) is 1. The van der Waals surface area contributed by atoms with Crippen LogP contribution in [0, 0.1) is 0 Å². The van der Waals surface area contributed by atoms with Crippen LogP contribution in [-0.2, 0) is 11.2 Å². The molecule has 23 heavy (non-hydrogen) atoms. The Bertz CT molecular complexity index is 465. The molecule has 1 aromatic rings. The van der Waals surface area contributed by atoms with Gasteiger partial charge in [0.25, 0.3) is 0 Å². The van der Waals surface area contributed by atoms with Crippen LogP contribution in [0.15, 0.2) is 24.3 Å². The van der Waals surface area contributed by atoms with Crippen molar-refractivity contribution in [2.75, 3.05) is 13.2 Å². The summed E-state index contributed by atoms with van der Waals surface area (Å²) >= 11 is 0. The van der Waals surface area contributed by atoms with Gasteiger partial charge in [0.2, 0.25) is 0 Å². The van der Waals surface area contributed by atoms with Gasteiger partial charge in [0.15, 0.2) is 0 Å². The zero-order chi connectivity index (χ0) is 17.3. The number of benzene rings is 1. The van der Waals surface area contributed by atoms with Crippen molar-refractivity contribution in [1.29, 1.82) is 0 Å². The van der Waals surface area contributed by atoms with Crippen LogP contribution in [0.5, 0.6) is 5.75 Å². The third-order valence-corrected chi connectivity index (χ3v) is 3.11. The van der Waals surface area contributed by atoms with Crippen molar-refractivity contribution in [3.8, 4) is 5.75 Å². The van der Waals surface area contributed by atoms with Gasteiger partial charge in [-0.15, -0.1) is 0 Å². The third-order valence-electron chi connectivity index (χ3n) is 3.11. The molecule has 0 saturated carbocycles. The van der Waals surface area contributed by atoms with Crippen molar-refractivity contribution >= 4 is 6.09 Å². The lowest BCUT2D eigenvalue weighted by molar-refractivity contribution is 0.0483. The Kier molecular flexibility index (Phi) is 7.89. The zero-order valence-corrected chi connectivity index (χ0v) is 14.6. The number of aliphatic hydroxyl groups excluding tert-OH is 1. The SMILES string of the molecule is CCCCOc1ccc(C[C@@H](CO)NC(=O)OC(C)(C)C)cc1. The monoisotopic (exact) mass is 323 g/mol. The van der Waals surface area contributed by atoms with Crippen molar-refractivity contribution in [1.82, 2.24) is 5.32 Å². The minimum Gasteiger partial charge on any atom is -0.494 e. The van der Waals surface area contributed by atoms with E-state index in [1.165, 1.54) is 0 Å². The molecule has 0 fully saturated rings. The minimum atomic E-state index is -0.554. The van der Waals surface area contributed by atoms with Gasteiger partial charge in [-0.25, -0.2) is 4.79 Å². The summed E-state index contributed by atoms with van der Waals surface area (Å²) in [5, 5.41) is 12.1. The lowest BCUT2D eigenvalue weighted by atomic mass is 10.1. The molecule has 0 unspecified atom stereocenters. The summed E-state index contributed by atoms with van der Waals surface area (Å²) < 4.78 is 10.8. The highest BCUT2D eigenvalue weighted by Gasteiger charge is 2.19. The molecule has 5 heteroatoms. The van der Waals surface area contributed by atoms with Crippen LogP contribution in [0.4, 0.5) is 4.79 Å². The van der Waals surface area contributed by atoms with Crippen molar-refractivity contribution in [3.63, 3.8) is 0 Å². The first-order chi connectivity index (χ1) is 10.8. The number of unbranched alkanes of at least 4 members (excludes halogenated alkanes) is 1. The van der Waals surface area contributed by atoms with Crippen LogP contribution in [0.25, 0.3) is 0 Å². The van der Waals surface area contributed by atoms with Gasteiger partial charge in [0, 0.05) is 0 Å². The molecule has 2 N–H and O–H groups in total. The highest BCUT2D eigenvalue weighted by Crippen LogP contribution is 2.14. The highest BCUT2D eigenvalue weighted by molar-refractivity contribution is 5.68. The van der Waals surface area contributed by atoms with Gasteiger partial charge in [-0.2, -0.15) is 0 Å². The molecule has 1 rings (SSSR count). The van der Waals surface area contributed by atoms with E-state index in [1.807, 2.05) is 24.3 Å². The molecule has 1 amide bonds. The molecule has 0 radical (unpaired) electrons. The van der Waals surface area contributed by atoms with Crippen molar-refractivity contribution in [3.05, 3.63) is 29.8 Å². The fourth-order valence-electron chi connectivity index (χ4n) is 1.98. The van der Waals surface area contributed by atoms with Gasteiger partial charge in [-0.3, -0.25) is 0 Å². The molecular formula is C18H29NO4. The first-order valence-corrected chi connectivity index (χ1v) is 8.16. The summed E-state index contributed by atoms with van der Waals surface area (Å²) in [5.74, 6) is 0.836. The van der Waals surface area contributed by atoms with Gasteiger partial charge in [0.1, 0.15) is 11.4 Å². The predicted octanol–water partition coefficient (Wildman–Crippen LogP) is 3.29. The summed E-state index contributed by atoms with van der Waals surface area (Å²) in [5.41, 5.74) is 0.463. The molecule has 0 aliphatic rings. The van der Waals surface area contributed by atoms with Crippen LogP contribution >= 0.6 is 0 Å². The molecule has 0 bridgehead atoms. The molecule has 5 nitrogen and oxygen atoms in total. The standard InChI is InChI=1S/C18H29NO4/c1-5-6-11-22-16-9-7-14(8-10-16)12-15(13-20)19-17(21)23-18(2,3)4/h7-10,15,20H,5-6,11-13H2,1-4H3,(H,19,21)/t15-/m0/s1. The molecule has 1 atom stereocenters. The van der Waals surface area contributed by atoms with Crippen LogP contribution in [0.1, 0.15) is 46.1 Å². The van der Waals surface area contributed by atoms with Crippen LogP contribution in [0.3, 0.4) is 0 Å². The van der Waals surface area contributed by atoms with Crippen LogP contribution < -0.4 is 10.1 Å². The third kappa shape index (κ3) is 8.45. The Morgan fingerprint density at radius 3 is 2.43 bits per heavy atom. The molecule has 0 saturated heterocycles. The lowest BCUT2D eigenvalue weighted by Gasteiger charge is -2.22. The topological polar surface area (TPSA) is 67.8 Å². The number of nitrogens with one attached hydrogen (secondary N) is 1. The number of rotatable bonds is 8. The summed E-state index contributed by atoms with van der Waals surface area (Å²) in [4.78, 5) is 11.8. The predicted molar refractivity (Wildman–Crippen MR) is 90.8 cm³/mol. The molecule has 0 aliphatic heterocycles. The quantitative estimate of drug-likeness (QED) is 0.720. The van der Waals surface area contributed by atoms with E-state index >= 15 is 0 Å². The smallest absolute Gasteiger partial charge is 0.407 e. The number of hydrogen-bond donors (Lipinski definition) is 2. The zero-order valence-electron chi connectivity index (χ0n) is 14.6. The van der Waals surface area contributed by atoms with Crippen molar-refractivity contribution in [2.24, 2.45) is 0 Å². The number of amides is 1. The summed E-state index contributed by atoms with van der Waals surface area (Å²) in [6, 6.07) is 7.33. The van der Waals surface area contributed by atoms with Gasteiger partial charge in [-0.1, -0.05) is 25.5 Å². The fourth-order valence-corrected chi connectivity index (χ4v) is 1.98. The maximum atomic E-state index is 11.8. The van der Waals surface area contributed by atoms with E-state index in [0.717, 1.165) is 30.8 Å². The minimum absolute atomic E-state index is 0.145. The first-order valence-electron chi connectivity index (χ1n) is 8.16. The molecule has 0 aromatic heterocycles. The average molecular weight is 323 g/mol. The van der Waals surface area contributed by atoms with E-state index in [-0.39, 0.29) is 12.6 Å². The van der Waals surface area contributed by atoms with Gasteiger partial charge < -0.3 is 19.9 Å². The Morgan fingerprint density at radius 2 is 1.91 bits per heavy atom. The lowest BCUT2D eigenvalue weighted by Crippen LogP contribution is -2.42. The van der Waals surface area contributed by atoms with Gasteiger partial charge in [0.05, 0.1) is 19.3 Å². The fraction of sp³-hybridized carbons (Fsp3) is 0.611. The van der Waals surface area contributed by atoms with E-state index in [1.54, 1.807) is 20.8 Å². The van der Waals surface area contributed by atoms with E-state index < -0.39 is 11.7 Å². The van der Waals surface area contributed by atoms with E-state index in [4.69, 9.17) is 9.47 Å². The van der Waals surface area contributed by atoms with Crippen molar-refractivity contribution < 1.29 is 19.4 Å². The summed E-state index contributed by atoms with van der Waals surface area (Å²) in [6.07, 6.45) is 2.15. The van der Waals surface area contributed by atoms with E-state index in [2.05, 4.69) is 12.2 Å². The van der Waals surface area contributed by atoms with Gasteiger partial charge in [-0.05, 0) is 51.3 Å². The van der Waals surface area contributed by atoms with E-state index in [0.29, 0.717) is 6.42 Å². The second-order valence-corrected chi connectivity index (χ2v) is 6.58. The number of carbonyl (C=O) groups excluding carboxylic acids is 1. The summed E-state index contributed by atoms with van der Waals surface area (Å²) in [6.45, 7) is 8.11. The largest absolute Gasteiger partial charge is 0.494 e. The number of hydrogen-bond acceptors (Lipinski definition) is 4. The number of aliphatic hydroxyl groups is 1. The van der Waals surface area contributed by atoms with Crippen LogP contribution in [-0.4, -0.2) is 36.1 Å². The Hall–Kier alpha value is -1.75. The molecular weight excluding hydrogens is 294 g/mol. The Labute approximate surface area is 139 Å². The molecule has 0 heterocycles. The average Bonchev–Trinajstić information content (AvgIpc) is 2.46. The molecule has 0 spiro atoms. The Balaban J connectivity index is 2.50. The molecule has 130 valence electrons. The number of carbonyl (C=O) groups is 1. The summed E-state index contributed by atoms with van der Waals surface area (Å²) in [7, 11) is 0.